The fourth-order valence-corrected chi connectivity index (χ4v) is 5.12. The molecule has 3 aromatic carbocycles. The lowest BCUT2D eigenvalue weighted by molar-refractivity contribution is 0.169. The van der Waals surface area contributed by atoms with Gasteiger partial charge in [0.2, 0.25) is 0 Å². The van der Waals surface area contributed by atoms with Crippen molar-refractivity contribution >= 4 is 46.3 Å². The number of benzene rings is 3. The number of H-pyrrole nitrogens is 1. The Morgan fingerprint density at radius 3 is 2.66 bits per heavy atom. The number of hydrogen-bond donors (Lipinski definition) is 2. The Kier molecular flexibility index (Phi) is 7.39. The van der Waals surface area contributed by atoms with Gasteiger partial charge in [-0.15, -0.1) is 11.8 Å². The maximum Gasteiger partial charge on any atom is 0.411 e. The van der Waals surface area contributed by atoms with Crippen molar-refractivity contribution in [2.75, 3.05) is 17.7 Å². The van der Waals surface area contributed by atoms with Crippen LogP contribution in [0.1, 0.15) is 16.7 Å². The first-order valence-corrected chi connectivity index (χ1v) is 12.4. The van der Waals surface area contributed by atoms with Crippen molar-refractivity contribution in [2.24, 2.45) is 0 Å². The number of imidazole rings is 1. The molecule has 0 aliphatic carbocycles. The molecule has 0 radical (unpaired) electrons. The van der Waals surface area contributed by atoms with Crippen LogP contribution in [0.15, 0.2) is 76.8 Å². The number of anilines is 1. The average Bonchev–Trinajstić information content (AvgIpc) is 3.21. The number of aromatic nitrogens is 2. The van der Waals surface area contributed by atoms with Crippen molar-refractivity contribution in [3.8, 4) is 0 Å². The van der Waals surface area contributed by atoms with E-state index in [1.165, 1.54) is 16.0 Å². The van der Waals surface area contributed by atoms with Gasteiger partial charge in [-0.3, -0.25) is 5.32 Å². The maximum atomic E-state index is 12.0. The van der Waals surface area contributed by atoms with E-state index in [1.807, 2.05) is 55.5 Å². The molecule has 1 heterocycles. The van der Waals surface area contributed by atoms with E-state index in [2.05, 4.69) is 40.4 Å². The number of nitrogens with zero attached hydrogens (tertiary/aromatic N) is 1. The Hall–Kier alpha value is -2.90. The molecule has 0 saturated carbocycles. The van der Waals surface area contributed by atoms with Crippen molar-refractivity contribution in [3.63, 3.8) is 0 Å². The lowest BCUT2D eigenvalue weighted by Gasteiger charge is -2.11. The lowest BCUT2D eigenvalue weighted by atomic mass is 10.1. The van der Waals surface area contributed by atoms with Gasteiger partial charge in [0.1, 0.15) is 6.61 Å². The highest BCUT2D eigenvalue weighted by molar-refractivity contribution is 7.99. The molecule has 0 fully saturated rings. The van der Waals surface area contributed by atoms with Crippen LogP contribution in [0.4, 0.5) is 10.5 Å². The molecule has 2 N–H and O–H groups in total. The summed E-state index contributed by atoms with van der Waals surface area (Å²) in [6, 6.07) is 22.1. The van der Waals surface area contributed by atoms with Crippen LogP contribution >= 0.6 is 23.5 Å². The number of aryl methyl sites for hydroxylation is 1. The third-order valence-corrected chi connectivity index (χ3v) is 7.13. The number of ether oxygens (including phenoxy) is 1. The molecule has 164 valence electrons. The number of aromatic amines is 1. The minimum atomic E-state index is -0.424. The molecule has 7 heteroatoms. The van der Waals surface area contributed by atoms with Gasteiger partial charge in [0.25, 0.3) is 0 Å². The molecular formula is C25H25N3O2S2. The van der Waals surface area contributed by atoms with E-state index in [0.29, 0.717) is 12.4 Å². The largest absolute Gasteiger partial charge is 0.448 e. The topological polar surface area (TPSA) is 67.0 Å². The fourth-order valence-electron chi connectivity index (χ4n) is 3.26. The fraction of sp³-hybridized carbons (Fsp3) is 0.200. The summed E-state index contributed by atoms with van der Waals surface area (Å²) in [6.45, 7) is 4.44. The minimum absolute atomic E-state index is 0.347. The molecule has 0 spiro atoms. The third-order valence-electron chi connectivity index (χ3n) is 5.08. The first-order chi connectivity index (χ1) is 15.6. The number of rotatable bonds is 8. The number of nitrogens with one attached hydrogen (secondary N) is 2. The molecule has 0 saturated heterocycles. The van der Waals surface area contributed by atoms with Gasteiger partial charge in [0.15, 0.2) is 5.16 Å². The second-order valence-corrected chi connectivity index (χ2v) is 9.41. The molecule has 0 aliphatic rings. The first kappa shape index (κ1) is 22.3. The zero-order valence-corrected chi connectivity index (χ0v) is 19.7. The highest BCUT2D eigenvalue weighted by Crippen LogP contribution is 2.29. The van der Waals surface area contributed by atoms with Crippen LogP contribution in [0, 0.1) is 13.8 Å². The summed E-state index contributed by atoms with van der Waals surface area (Å²) in [7, 11) is 0. The van der Waals surface area contributed by atoms with Gasteiger partial charge >= 0.3 is 6.09 Å². The summed E-state index contributed by atoms with van der Waals surface area (Å²) in [6.07, 6.45) is -0.424. The van der Waals surface area contributed by atoms with Crippen molar-refractivity contribution in [3.05, 3.63) is 83.4 Å². The van der Waals surface area contributed by atoms with E-state index in [9.17, 15) is 4.79 Å². The van der Waals surface area contributed by atoms with E-state index in [0.717, 1.165) is 33.2 Å². The molecule has 0 aliphatic heterocycles. The van der Waals surface area contributed by atoms with Gasteiger partial charge in [-0.05, 0) is 54.8 Å². The SMILES string of the molecule is Cc1ccccc1NC(=O)OCCSc1cccc(CSc2nc3ccccc3[nH]2)c1C. The average molecular weight is 464 g/mol. The zero-order chi connectivity index (χ0) is 22.3. The molecular weight excluding hydrogens is 438 g/mol. The van der Waals surface area contributed by atoms with Crippen molar-refractivity contribution < 1.29 is 9.53 Å². The smallest absolute Gasteiger partial charge is 0.411 e. The van der Waals surface area contributed by atoms with Gasteiger partial charge in [0, 0.05) is 22.1 Å². The van der Waals surface area contributed by atoms with Gasteiger partial charge < -0.3 is 9.72 Å². The maximum absolute atomic E-state index is 12.0. The van der Waals surface area contributed by atoms with Gasteiger partial charge in [0.05, 0.1) is 11.0 Å². The first-order valence-electron chi connectivity index (χ1n) is 10.4. The highest BCUT2D eigenvalue weighted by Gasteiger charge is 2.09. The molecule has 0 atom stereocenters. The molecule has 1 aromatic heterocycles. The number of amides is 1. The van der Waals surface area contributed by atoms with Crippen LogP contribution in [0.3, 0.4) is 0 Å². The number of hydrogen-bond acceptors (Lipinski definition) is 5. The predicted molar refractivity (Wildman–Crippen MR) is 134 cm³/mol. The Bertz CT molecular complexity index is 1190. The summed E-state index contributed by atoms with van der Waals surface area (Å²) in [5.41, 5.74) is 6.36. The lowest BCUT2D eigenvalue weighted by Crippen LogP contribution is -2.15. The summed E-state index contributed by atoms with van der Waals surface area (Å²) in [5.74, 6) is 1.54. The van der Waals surface area contributed by atoms with Crippen LogP contribution in [0.25, 0.3) is 11.0 Å². The van der Waals surface area contributed by atoms with E-state index in [1.54, 1.807) is 23.5 Å². The van der Waals surface area contributed by atoms with Crippen molar-refractivity contribution in [1.82, 2.24) is 9.97 Å². The number of carbonyl (C=O) groups excluding carboxylic acids is 1. The normalized spacial score (nSPS) is 10.9. The molecule has 4 aromatic rings. The number of para-hydroxylation sites is 3. The van der Waals surface area contributed by atoms with Crippen LogP contribution in [0.2, 0.25) is 0 Å². The third kappa shape index (κ3) is 5.66. The van der Waals surface area contributed by atoms with Crippen LogP contribution in [-0.4, -0.2) is 28.4 Å². The molecule has 5 nitrogen and oxygen atoms in total. The van der Waals surface area contributed by atoms with Crippen LogP contribution in [-0.2, 0) is 10.5 Å². The Labute approximate surface area is 196 Å². The summed E-state index contributed by atoms with van der Waals surface area (Å²) in [4.78, 5) is 21.2. The Morgan fingerprint density at radius 1 is 1.00 bits per heavy atom. The highest BCUT2D eigenvalue weighted by atomic mass is 32.2. The summed E-state index contributed by atoms with van der Waals surface area (Å²) < 4.78 is 5.34. The van der Waals surface area contributed by atoms with Gasteiger partial charge in [-0.1, -0.05) is 54.2 Å². The van der Waals surface area contributed by atoms with Crippen molar-refractivity contribution in [2.45, 2.75) is 29.7 Å². The molecule has 1 amide bonds. The Morgan fingerprint density at radius 2 is 1.81 bits per heavy atom. The van der Waals surface area contributed by atoms with E-state index < -0.39 is 6.09 Å². The second-order valence-electron chi connectivity index (χ2n) is 7.31. The monoisotopic (exact) mass is 463 g/mol. The van der Waals surface area contributed by atoms with E-state index in [-0.39, 0.29) is 0 Å². The quantitative estimate of drug-likeness (QED) is 0.222. The van der Waals surface area contributed by atoms with Crippen molar-refractivity contribution in [1.29, 1.82) is 0 Å². The number of fused-ring (bicyclic) bond motifs is 1. The van der Waals surface area contributed by atoms with Crippen LogP contribution in [0.5, 0.6) is 0 Å². The molecule has 32 heavy (non-hydrogen) atoms. The summed E-state index contributed by atoms with van der Waals surface area (Å²) in [5, 5.41) is 3.72. The zero-order valence-electron chi connectivity index (χ0n) is 18.1. The summed E-state index contributed by atoms with van der Waals surface area (Å²) >= 11 is 3.40. The van der Waals surface area contributed by atoms with Gasteiger partial charge in [-0.25, -0.2) is 9.78 Å². The molecule has 0 bridgehead atoms. The predicted octanol–water partition coefficient (Wildman–Crippen LogP) is 6.81. The number of carbonyl (C=O) groups is 1. The Balaban J connectivity index is 1.27. The van der Waals surface area contributed by atoms with Gasteiger partial charge in [-0.2, -0.15) is 0 Å². The standard InChI is InChI=1S/C25H25N3O2S2/c1-17-8-3-4-10-20(17)28-25(29)30-14-15-31-23-13-7-9-19(18(23)2)16-32-24-26-21-11-5-6-12-22(21)27-24/h3-13H,14-16H2,1-2H3,(H,26,27)(H,28,29). The van der Waals surface area contributed by atoms with Crippen LogP contribution < -0.4 is 5.32 Å². The second kappa shape index (κ2) is 10.6. The molecule has 0 unspecified atom stereocenters. The van der Waals surface area contributed by atoms with E-state index in [4.69, 9.17) is 4.74 Å². The minimum Gasteiger partial charge on any atom is -0.448 e. The van der Waals surface area contributed by atoms with E-state index >= 15 is 0 Å². The number of thioether (sulfide) groups is 2. The molecule has 4 rings (SSSR count).